The molecule has 2 rings (SSSR count). The summed E-state index contributed by atoms with van der Waals surface area (Å²) in [4.78, 5) is 13.9. The number of rotatable bonds is 3. The monoisotopic (exact) mass is 281 g/mol. The molecule has 3 nitrogen and oxygen atoms in total. The lowest BCUT2D eigenvalue weighted by atomic mass is 9.95. The number of carbonyl (C=O) groups excluding carboxylic acids is 1. The fourth-order valence-corrected chi connectivity index (χ4v) is 2.61. The Morgan fingerprint density at radius 2 is 2.21 bits per heavy atom. The van der Waals surface area contributed by atoms with Crippen molar-refractivity contribution in [1.29, 1.82) is 0 Å². The Labute approximate surface area is 119 Å². The SMILES string of the molecule is CC1CCN(C(=O)CCc2ccccc2Cl)CC1O. The van der Waals surface area contributed by atoms with E-state index in [1.807, 2.05) is 31.2 Å². The number of hydrogen-bond donors (Lipinski definition) is 1. The van der Waals surface area contributed by atoms with Crippen LogP contribution in [0.4, 0.5) is 0 Å². The molecule has 19 heavy (non-hydrogen) atoms. The van der Waals surface area contributed by atoms with E-state index < -0.39 is 6.10 Å². The summed E-state index contributed by atoms with van der Waals surface area (Å²) in [6, 6.07) is 7.60. The van der Waals surface area contributed by atoms with Crippen LogP contribution in [0.5, 0.6) is 0 Å². The van der Waals surface area contributed by atoms with E-state index in [1.165, 1.54) is 0 Å². The van der Waals surface area contributed by atoms with Gasteiger partial charge >= 0.3 is 0 Å². The quantitative estimate of drug-likeness (QED) is 0.925. The zero-order valence-electron chi connectivity index (χ0n) is 11.2. The van der Waals surface area contributed by atoms with Gasteiger partial charge in [0, 0.05) is 24.5 Å². The number of halogens is 1. The van der Waals surface area contributed by atoms with Crippen molar-refractivity contribution in [1.82, 2.24) is 4.90 Å². The van der Waals surface area contributed by atoms with Crippen LogP contribution < -0.4 is 0 Å². The average Bonchev–Trinajstić information content (AvgIpc) is 2.40. The molecule has 2 atom stereocenters. The first-order valence-electron chi connectivity index (χ1n) is 6.77. The minimum absolute atomic E-state index is 0.103. The van der Waals surface area contributed by atoms with Gasteiger partial charge in [-0.25, -0.2) is 0 Å². The zero-order chi connectivity index (χ0) is 13.8. The van der Waals surface area contributed by atoms with E-state index >= 15 is 0 Å². The predicted molar refractivity (Wildman–Crippen MR) is 76.1 cm³/mol. The molecule has 4 heteroatoms. The minimum Gasteiger partial charge on any atom is -0.391 e. The highest BCUT2D eigenvalue weighted by Crippen LogP contribution is 2.20. The van der Waals surface area contributed by atoms with Crippen molar-refractivity contribution in [3.63, 3.8) is 0 Å². The van der Waals surface area contributed by atoms with E-state index in [2.05, 4.69) is 0 Å². The largest absolute Gasteiger partial charge is 0.391 e. The number of hydrogen-bond acceptors (Lipinski definition) is 2. The number of likely N-dealkylation sites (tertiary alicyclic amines) is 1. The second kappa shape index (κ2) is 6.40. The van der Waals surface area contributed by atoms with Crippen LogP contribution in [0, 0.1) is 5.92 Å². The van der Waals surface area contributed by atoms with Crippen molar-refractivity contribution in [3.8, 4) is 0 Å². The molecule has 0 aliphatic carbocycles. The van der Waals surface area contributed by atoms with Gasteiger partial charge in [0.15, 0.2) is 0 Å². The maximum atomic E-state index is 12.1. The van der Waals surface area contributed by atoms with E-state index in [1.54, 1.807) is 4.90 Å². The van der Waals surface area contributed by atoms with Crippen LogP contribution in [0.2, 0.25) is 5.02 Å². The standard InChI is InChI=1S/C15H20ClNO2/c1-11-8-9-17(10-14(11)18)15(19)7-6-12-4-2-3-5-13(12)16/h2-5,11,14,18H,6-10H2,1H3. The van der Waals surface area contributed by atoms with Crippen molar-refractivity contribution in [2.24, 2.45) is 5.92 Å². The highest BCUT2D eigenvalue weighted by Gasteiger charge is 2.26. The second-order valence-corrected chi connectivity index (χ2v) is 5.67. The van der Waals surface area contributed by atoms with Gasteiger partial charge in [0.1, 0.15) is 0 Å². The number of nitrogens with zero attached hydrogens (tertiary/aromatic N) is 1. The van der Waals surface area contributed by atoms with E-state index in [-0.39, 0.29) is 11.8 Å². The third kappa shape index (κ3) is 3.71. The van der Waals surface area contributed by atoms with Gasteiger partial charge in [-0.2, -0.15) is 0 Å². The molecule has 104 valence electrons. The Kier molecular flexibility index (Phi) is 4.83. The molecule has 0 radical (unpaired) electrons. The molecule has 0 aromatic heterocycles. The lowest BCUT2D eigenvalue weighted by Crippen LogP contribution is -2.45. The van der Waals surface area contributed by atoms with Crippen LogP contribution >= 0.6 is 11.6 Å². The first-order chi connectivity index (χ1) is 9.08. The Morgan fingerprint density at radius 3 is 2.89 bits per heavy atom. The van der Waals surface area contributed by atoms with E-state index in [9.17, 15) is 9.90 Å². The summed E-state index contributed by atoms with van der Waals surface area (Å²) in [6.07, 6.45) is 1.59. The van der Waals surface area contributed by atoms with Crippen LogP contribution in [0.25, 0.3) is 0 Å². The van der Waals surface area contributed by atoms with E-state index in [0.717, 1.165) is 18.5 Å². The third-order valence-electron chi connectivity index (χ3n) is 3.84. The number of amides is 1. The fraction of sp³-hybridized carbons (Fsp3) is 0.533. The molecule has 0 bridgehead atoms. The summed E-state index contributed by atoms with van der Waals surface area (Å²) < 4.78 is 0. The lowest BCUT2D eigenvalue weighted by Gasteiger charge is -2.34. The summed E-state index contributed by atoms with van der Waals surface area (Å²) in [7, 11) is 0. The summed E-state index contributed by atoms with van der Waals surface area (Å²) >= 11 is 6.07. The van der Waals surface area contributed by atoms with Crippen LogP contribution in [-0.2, 0) is 11.2 Å². The van der Waals surface area contributed by atoms with Crippen molar-refractivity contribution in [3.05, 3.63) is 34.9 Å². The van der Waals surface area contributed by atoms with Gasteiger partial charge in [-0.05, 0) is 30.4 Å². The first-order valence-corrected chi connectivity index (χ1v) is 7.15. The van der Waals surface area contributed by atoms with Gasteiger partial charge in [-0.15, -0.1) is 0 Å². The van der Waals surface area contributed by atoms with E-state index in [4.69, 9.17) is 11.6 Å². The number of β-amino-alcohol motifs (C(OH)–C–C–N with tert-alkyl or cyclic N) is 1. The smallest absolute Gasteiger partial charge is 0.222 e. The van der Waals surface area contributed by atoms with Gasteiger partial charge in [0.05, 0.1) is 6.10 Å². The van der Waals surface area contributed by atoms with Gasteiger partial charge in [-0.3, -0.25) is 4.79 Å². The lowest BCUT2D eigenvalue weighted by molar-refractivity contribution is -0.135. The molecule has 1 aliphatic rings. The molecular weight excluding hydrogens is 262 g/mol. The minimum atomic E-state index is -0.391. The topological polar surface area (TPSA) is 40.5 Å². The fourth-order valence-electron chi connectivity index (χ4n) is 2.38. The van der Waals surface area contributed by atoms with Gasteiger partial charge in [0.25, 0.3) is 0 Å². The Hall–Kier alpha value is -1.06. The summed E-state index contributed by atoms with van der Waals surface area (Å²) in [6.45, 7) is 3.23. The molecule has 1 N–H and O–H groups in total. The van der Waals surface area contributed by atoms with Crippen LogP contribution in [0.1, 0.15) is 25.3 Å². The summed E-state index contributed by atoms with van der Waals surface area (Å²) in [5.74, 6) is 0.387. The van der Waals surface area contributed by atoms with E-state index in [0.29, 0.717) is 24.4 Å². The zero-order valence-corrected chi connectivity index (χ0v) is 11.9. The average molecular weight is 282 g/mol. The third-order valence-corrected chi connectivity index (χ3v) is 4.21. The van der Waals surface area contributed by atoms with Crippen molar-refractivity contribution in [2.45, 2.75) is 32.3 Å². The first kappa shape index (κ1) is 14.4. The maximum Gasteiger partial charge on any atom is 0.222 e. The number of piperidine rings is 1. The van der Waals surface area contributed by atoms with Crippen LogP contribution in [0.3, 0.4) is 0 Å². The predicted octanol–water partition coefficient (Wildman–Crippen LogP) is 2.50. The molecule has 1 amide bonds. The van der Waals surface area contributed by atoms with Crippen molar-refractivity contribution in [2.75, 3.05) is 13.1 Å². The molecule has 2 unspecified atom stereocenters. The Bertz CT molecular complexity index is 450. The molecular formula is C15H20ClNO2. The number of aryl methyl sites for hydroxylation is 1. The summed E-state index contributed by atoms with van der Waals surface area (Å²) in [5.41, 5.74) is 1.00. The van der Waals surface area contributed by atoms with Gasteiger partial charge < -0.3 is 10.0 Å². The Balaban J connectivity index is 1.87. The number of aliphatic hydroxyl groups is 1. The van der Waals surface area contributed by atoms with Crippen molar-refractivity contribution >= 4 is 17.5 Å². The highest BCUT2D eigenvalue weighted by atomic mass is 35.5. The molecule has 0 spiro atoms. The number of carbonyl (C=O) groups is 1. The Morgan fingerprint density at radius 1 is 1.47 bits per heavy atom. The van der Waals surface area contributed by atoms with Gasteiger partial charge in [0.2, 0.25) is 5.91 Å². The highest BCUT2D eigenvalue weighted by molar-refractivity contribution is 6.31. The molecule has 1 saturated heterocycles. The molecule has 1 heterocycles. The normalized spacial score (nSPS) is 23.4. The molecule has 0 saturated carbocycles. The molecule has 1 aromatic carbocycles. The number of aliphatic hydroxyl groups excluding tert-OH is 1. The van der Waals surface area contributed by atoms with Crippen LogP contribution in [0.15, 0.2) is 24.3 Å². The van der Waals surface area contributed by atoms with Crippen LogP contribution in [-0.4, -0.2) is 35.1 Å². The molecule has 1 aromatic rings. The maximum absolute atomic E-state index is 12.1. The number of benzene rings is 1. The molecule has 1 fully saturated rings. The second-order valence-electron chi connectivity index (χ2n) is 5.26. The van der Waals surface area contributed by atoms with Crippen molar-refractivity contribution < 1.29 is 9.90 Å². The summed E-state index contributed by atoms with van der Waals surface area (Å²) in [5, 5.41) is 10.5. The molecule has 1 aliphatic heterocycles. The van der Waals surface area contributed by atoms with Gasteiger partial charge in [-0.1, -0.05) is 36.7 Å².